The molecule has 0 aliphatic carbocycles. The van der Waals surface area contributed by atoms with Crippen molar-refractivity contribution in [3.8, 4) is 11.4 Å². The number of imidazole rings is 1. The fraction of sp³-hybridized carbons (Fsp3) is 0.211. The van der Waals surface area contributed by atoms with E-state index >= 15 is 0 Å². The molecule has 0 saturated carbocycles. The van der Waals surface area contributed by atoms with E-state index < -0.39 is 0 Å². The maximum Gasteiger partial charge on any atom is 0.329 e. The topological polar surface area (TPSA) is 109 Å². The monoisotopic (exact) mass is 393 g/mol. The van der Waals surface area contributed by atoms with E-state index in [1.165, 1.54) is 13.8 Å². The first-order valence-electron chi connectivity index (χ1n) is 8.87. The van der Waals surface area contributed by atoms with Gasteiger partial charge in [0, 0.05) is 12.7 Å². The standard InChI is InChI=1S/C19H19N7O3/c1-12-21-22-23-26(12)16-10-13(8-9-17(16)29-3)20-18(27)11-25-15-7-5-4-6-14(15)24(2)19(25)28/h4-10H,11H2,1-3H3,(H,20,27). The van der Waals surface area contributed by atoms with Gasteiger partial charge in [-0.05, 0) is 47.7 Å². The first-order chi connectivity index (χ1) is 14.0. The van der Waals surface area contributed by atoms with Gasteiger partial charge in [0.15, 0.2) is 5.82 Å². The molecular weight excluding hydrogens is 374 g/mol. The average molecular weight is 393 g/mol. The second-order valence-electron chi connectivity index (χ2n) is 6.49. The van der Waals surface area contributed by atoms with Crippen LogP contribution >= 0.6 is 0 Å². The van der Waals surface area contributed by atoms with Crippen molar-refractivity contribution in [1.82, 2.24) is 29.3 Å². The van der Waals surface area contributed by atoms with Crippen LogP contribution in [0.15, 0.2) is 47.3 Å². The van der Waals surface area contributed by atoms with Crippen molar-refractivity contribution in [2.75, 3.05) is 12.4 Å². The van der Waals surface area contributed by atoms with Gasteiger partial charge in [-0.15, -0.1) is 5.10 Å². The third-order valence-electron chi connectivity index (χ3n) is 4.67. The van der Waals surface area contributed by atoms with Crippen LogP contribution in [-0.4, -0.2) is 42.4 Å². The van der Waals surface area contributed by atoms with E-state index in [0.29, 0.717) is 28.5 Å². The second kappa shape index (κ2) is 7.23. The minimum Gasteiger partial charge on any atom is -0.494 e. The zero-order valence-corrected chi connectivity index (χ0v) is 16.2. The molecule has 0 atom stereocenters. The van der Waals surface area contributed by atoms with Crippen LogP contribution < -0.4 is 15.7 Å². The number of aromatic nitrogens is 6. The Labute approximate surface area is 165 Å². The molecule has 0 unspecified atom stereocenters. The molecule has 0 fully saturated rings. The van der Waals surface area contributed by atoms with Crippen molar-refractivity contribution >= 4 is 22.6 Å². The number of fused-ring (bicyclic) bond motifs is 1. The van der Waals surface area contributed by atoms with E-state index in [2.05, 4.69) is 20.8 Å². The van der Waals surface area contributed by atoms with Gasteiger partial charge in [-0.2, -0.15) is 4.68 Å². The fourth-order valence-electron chi connectivity index (χ4n) is 3.25. The van der Waals surface area contributed by atoms with Gasteiger partial charge in [-0.25, -0.2) is 4.79 Å². The number of methoxy groups -OCH3 is 1. The minimum absolute atomic E-state index is 0.106. The lowest BCUT2D eigenvalue weighted by molar-refractivity contribution is -0.116. The number of rotatable bonds is 5. The number of anilines is 1. The van der Waals surface area contributed by atoms with E-state index in [1.54, 1.807) is 39.3 Å². The number of carbonyl (C=O) groups is 1. The Hall–Kier alpha value is -3.95. The molecule has 0 radical (unpaired) electrons. The van der Waals surface area contributed by atoms with Crippen LogP contribution in [0, 0.1) is 6.92 Å². The highest BCUT2D eigenvalue weighted by Gasteiger charge is 2.15. The molecule has 1 N–H and O–H groups in total. The summed E-state index contributed by atoms with van der Waals surface area (Å²) >= 11 is 0. The minimum atomic E-state index is -0.326. The summed E-state index contributed by atoms with van der Waals surface area (Å²) in [7, 11) is 3.23. The highest BCUT2D eigenvalue weighted by atomic mass is 16.5. The predicted octanol–water partition coefficient (Wildman–Crippen LogP) is 1.27. The molecule has 10 heteroatoms. The number of hydrogen-bond acceptors (Lipinski definition) is 6. The SMILES string of the molecule is COc1ccc(NC(=O)Cn2c(=O)n(C)c3ccccc32)cc1-n1nnnc1C. The maximum atomic E-state index is 12.6. The predicted molar refractivity (Wildman–Crippen MR) is 106 cm³/mol. The van der Waals surface area contributed by atoms with Gasteiger partial charge in [-0.3, -0.25) is 13.9 Å². The Morgan fingerprint density at radius 2 is 1.93 bits per heavy atom. The lowest BCUT2D eigenvalue weighted by Gasteiger charge is -2.12. The molecule has 148 valence electrons. The van der Waals surface area contributed by atoms with Crippen LogP contribution in [0.3, 0.4) is 0 Å². The van der Waals surface area contributed by atoms with Crippen molar-refractivity contribution in [2.45, 2.75) is 13.5 Å². The molecule has 2 aromatic carbocycles. The summed E-state index contributed by atoms with van der Waals surface area (Å²) in [6.07, 6.45) is 0. The van der Waals surface area contributed by atoms with Gasteiger partial charge >= 0.3 is 5.69 Å². The third kappa shape index (κ3) is 3.24. The van der Waals surface area contributed by atoms with Crippen LogP contribution in [-0.2, 0) is 18.4 Å². The summed E-state index contributed by atoms with van der Waals surface area (Å²) in [5.74, 6) is 0.811. The Bertz CT molecular complexity index is 1270. The highest BCUT2D eigenvalue weighted by molar-refractivity contribution is 5.92. The van der Waals surface area contributed by atoms with Crippen molar-refractivity contribution < 1.29 is 9.53 Å². The van der Waals surface area contributed by atoms with E-state index in [4.69, 9.17) is 4.74 Å². The number of ether oxygens (including phenoxy) is 1. The summed E-state index contributed by atoms with van der Waals surface area (Å²) < 4.78 is 9.85. The quantitative estimate of drug-likeness (QED) is 0.547. The third-order valence-corrected chi connectivity index (χ3v) is 4.67. The van der Waals surface area contributed by atoms with Gasteiger partial charge in [0.1, 0.15) is 18.0 Å². The Morgan fingerprint density at radius 3 is 2.62 bits per heavy atom. The number of para-hydroxylation sites is 2. The van der Waals surface area contributed by atoms with Crippen molar-refractivity contribution in [3.05, 3.63) is 58.8 Å². The molecule has 0 bridgehead atoms. The second-order valence-corrected chi connectivity index (χ2v) is 6.49. The van der Waals surface area contributed by atoms with Crippen molar-refractivity contribution in [3.63, 3.8) is 0 Å². The average Bonchev–Trinajstić information content (AvgIpc) is 3.25. The number of benzene rings is 2. The summed E-state index contributed by atoms with van der Waals surface area (Å²) in [4.78, 5) is 25.2. The van der Waals surface area contributed by atoms with Gasteiger partial charge in [0.05, 0.1) is 18.1 Å². The molecule has 2 heterocycles. The molecule has 0 saturated heterocycles. The molecule has 29 heavy (non-hydrogen) atoms. The van der Waals surface area contributed by atoms with Crippen LogP contribution in [0.4, 0.5) is 5.69 Å². The fourth-order valence-corrected chi connectivity index (χ4v) is 3.25. The molecule has 4 rings (SSSR count). The lowest BCUT2D eigenvalue weighted by atomic mass is 10.2. The zero-order chi connectivity index (χ0) is 20.5. The Kier molecular flexibility index (Phi) is 4.59. The zero-order valence-electron chi connectivity index (χ0n) is 16.2. The van der Waals surface area contributed by atoms with Gasteiger partial charge < -0.3 is 10.1 Å². The maximum absolute atomic E-state index is 12.6. The molecular formula is C19H19N7O3. The number of hydrogen-bond donors (Lipinski definition) is 1. The molecule has 1 amide bonds. The van der Waals surface area contributed by atoms with Crippen molar-refractivity contribution in [1.29, 1.82) is 0 Å². The first kappa shape index (κ1) is 18.4. The number of carbonyl (C=O) groups excluding carboxylic acids is 1. The number of nitrogens with zero attached hydrogens (tertiary/aromatic N) is 6. The number of aryl methyl sites for hydroxylation is 2. The molecule has 2 aromatic heterocycles. The number of nitrogens with one attached hydrogen (secondary N) is 1. The van der Waals surface area contributed by atoms with Crippen LogP contribution in [0.2, 0.25) is 0 Å². The van der Waals surface area contributed by atoms with Crippen LogP contribution in [0.1, 0.15) is 5.82 Å². The molecule has 4 aromatic rings. The van der Waals surface area contributed by atoms with Crippen molar-refractivity contribution in [2.24, 2.45) is 7.05 Å². The summed E-state index contributed by atoms with van der Waals surface area (Å²) in [5, 5.41) is 14.3. The summed E-state index contributed by atoms with van der Waals surface area (Å²) in [6.45, 7) is 1.66. The molecule has 10 nitrogen and oxygen atoms in total. The lowest BCUT2D eigenvalue weighted by Crippen LogP contribution is -2.28. The van der Waals surface area contributed by atoms with Crippen LogP contribution in [0.5, 0.6) is 5.75 Å². The summed E-state index contributed by atoms with van der Waals surface area (Å²) in [5.41, 5.74) is 2.35. The van der Waals surface area contributed by atoms with E-state index in [0.717, 1.165) is 5.52 Å². The number of tetrazole rings is 1. The molecule has 0 spiro atoms. The highest BCUT2D eigenvalue weighted by Crippen LogP contribution is 2.26. The normalized spacial score (nSPS) is 11.0. The van der Waals surface area contributed by atoms with Gasteiger partial charge in [0.2, 0.25) is 5.91 Å². The number of amides is 1. The largest absolute Gasteiger partial charge is 0.494 e. The van der Waals surface area contributed by atoms with Gasteiger partial charge in [-0.1, -0.05) is 12.1 Å². The Balaban J connectivity index is 1.62. The first-order valence-corrected chi connectivity index (χ1v) is 8.87. The Morgan fingerprint density at radius 1 is 1.17 bits per heavy atom. The van der Waals surface area contributed by atoms with E-state index in [-0.39, 0.29) is 18.1 Å². The van der Waals surface area contributed by atoms with Gasteiger partial charge in [0.25, 0.3) is 0 Å². The van der Waals surface area contributed by atoms with E-state index in [1.807, 2.05) is 24.3 Å². The van der Waals surface area contributed by atoms with Crippen LogP contribution in [0.25, 0.3) is 16.7 Å². The van der Waals surface area contributed by atoms with E-state index in [9.17, 15) is 9.59 Å². The molecule has 0 aliphatic rings. The molecule has 0 aliphatic heterocycles. The smallest absolute Gasteiger partial charge is 0.329 e. The summed E-state index contributed by atoms with van der Waals surface area (Å²) in [6, 6.07) is 12.5.